The largest absolute Gasteiger partial charge is 0.573 e. The van der Waals surface area contributed by atoms with Crippen LogP contribution in [0.5, 0.6) is 5.75 Å². The van der Waals surface area contributed by atoms with Gasteiger partial charge in [0.25, 0.3) is 0 Å². The van der Waals surface area contributed by atoms with Crippen molar-refractivity contribution in [3.63, 3.8) is 0 Å². The van der Waals surface area contributed by atoms with Crippen LogP contribution in [0.4, 0.5) is 13.2 Å². The van der Waals surface area contributed by atoms with Crippen LogP contribution in [0.1, 0.15) is 40.0 Å². The molecule has 0 aliphatic heterocycles. The number of halogens is 3. The number of nitrogens with one attached hydrogen (secondary N) is 1. The quantitative estimate of drug-likeness (QED) is 0.875. The monoisotopic (exact) mass is 365 g/mol. The standard InChI is InChI=1S/C16H22F3NO3S/c1-11-10-12(8-9-15(11,2)3)20-24(21,22)14-6-4-13(5-7-14)23-16(17,18)19/h4-7,11-12,20H,8-10H2,1-3H3/t11-,12-/m1/s1. The minimum atomic E-state index is -4.80. The van der Waals surface area contributed by atoms with E-state index in [1.807, 2.05) is 0 Å². The average Bonchev–Trinajstić information content (AvgIpc) is 2.42. The van der Waals surface area contributed by atoms with Crippen molar-refractivity contribution >= 4 is 10.0 Å². The first-order chi connectivity index (χ1) is 10.9. The van der Waals surface area contributed by atoms with Gasteiger partial charge < -0.3 is 4.74 Å². The Morgan fingerprint density at radius 3 is 2.29 bits per heavy atom. The lowest BCUT2D eigenvalue weighted by Gasteiger charge is -2.40. The molecule has 1 fully saturated rings. The van der Waals surface area contributed by atoms with Crippen molar-refractivity contribution in [2.45, 2.75) is 57.3 Å². The van der Waals surface area contributed by atoms with Gasteiger partial charge in [-0.2, -0.15) is 0 Å². The summed E-state index contributed by atoms with van der Waals surface area (Å²) >= 11 is 0. The van der Waals surface area contributed by atoms with Crippen molar-refractivity contribution < 1.29 is 26.3 Å². The lowest BCUT2D eigenvalue weighted by molar-refractivity contribution is -0.274. The SMILES string of the molecule is C[C@@H]1C[C@H](NS(=O)(=O)c2ccc(OC(F)(F)F)cc2)CCC1(C)C. The van der Waals surface area contributed by atoms with Crippen LogP contribution in [0.15, 0.2) is 29.2 Å². The highest BCUT2D eigenvalue weighted by atomic mass is 32.2. The second-order valence-corrected chi connectivity index (χ2v) is 8.72. The maximum absolute atomic E-state index is 12.4. The Bertz CT molecular complexity index is 669. The van der Waals surface area contributed by atoms with Crippen molar-refractivity contribution in [2.75, 3.05) is 0 Å². The minimum Gasteiger partial charge on any atom is -0.406 e. The third-order valence-electron chi connectivity index (χ3n) is 4.80. The molecule has 24 heavy (non-hydrogen) atoms. The molecule has 136 valence electrons. The van der Waals surface area contributed by atoms with Crippen molar-refractivity contribution in [1.82, 2.24) is 4.72 Å². The third-order valence-corrected chi connectivity index (χ3v) is 6.34. The van der Waals surface area contributed by atoms with Crippen molar-refractivity contribution in [3.8, 4) is 5.75 Å². The molecule has 1 saturated carbocycles. The minimum absolute atomic E-state index is 0.0745. The van der Waals surface area contributed by atoms with Gasteiger partial charge in [0.1, 0.15) is 5.75 Å². The average molecular weight is 365 g/mol. The van der Waals surface area contributed by atoms with E-state index in [1.165, 1.54) is 0 Å². The van der Waals surface area contributed by atoms with E-state index in [0.717, 1.165) is 43.5 Å². The number of alkyl halides is 3. The summed E-state index contributed by atoms with van der Waals surface area (Å²) < 4.78 is 67.6. The summed E-state index contributed by atoms with van der Waals surface area (Å²) in [7, 11) is -3.77. The topological polar surface area (TPSA) is 55.4 Å². The first kappa shape index (κ1) is 19.1. The number of ether oxygens (including phenoxy) is 1. The van der Waals surface area contributed by atoms with Gasteiger partial charge >= 0.3 is 6.36 Å². The molecule has 1 aromatic carbocycles. The molecule has 2 rings (SSSR count). The molecule has 1 aromatic rings. The lowest BCUT2D eigenvalue weighted by Crippen LogP contribution is -2.42. The van der Waals surface area contributed by atoms with E-state index >= 15 is 0 Å². The van der Waals surface area contributed by atoms with Gasteiger partial charge in [-0.15, -0.1) is 13.2 Å². The Hall–Kier alpha value is -1.28. The molecule has 8 heteroatoms. The van der Waals surface area contributed by atoms with Crippen LogP contribution in [0, 0.1) is 11.3 Å². The number of rotatable bonds is 4. The molecule has 0 amide bonds. The zero-order valence-corrected chi connectivity index (χ0v) is 14.7. The molecule has 0 spiro atoms. The highest BCUT2D eigenvalue weighted by molar-refractivity contribution is 7.89. The number of benzene rings is 1. The van der Waals surface area contributed by atoms with E-state index in [4.69, 9.17) is 0 Å². The lowest BCUT2D eigenvalue weighted by atomic mass is 9.68. The van der Waals surface area contributed by atoms with Crippen molar-refractivity contribution in [2.24, 2.45) is 11.3 Å². The summed E-state index contributed by atoms with van der Waals surface area (Å²) in [6, 6.07) is 4.05. The van der Waals surface area contributed by atoms with E-state index in [1.54, 1.807) is 0 Å². The number of hydrogen-bond acceptors (Lipinski definition) is 3. The van der Waals surface area contributed by atoms with Gasteiger partial charge in [0.05, 0.1) is 4.90 Å². The highest BCUT2D eigenvalue weighted by Crippen LogP contribution is 2.40. The first-order valence-electron chi connectivity index (χ1n) is 7.77. The Balaban J connectivity index is 2.05. The van der Waals surface area contributed by atoms with E-state index in [9.17, 15) is 21.6 Å². The van der Waals surface area contributed by atoms with Crippen LogP contribution in [0.3, 0.4) is 0 Å². The van der Waals surface area contributed by atoms with Gasteiger partial charge in [0.2, 0.25) is 10.0 Å². The van der Waals surface area contributed by atoms with Gasteiger partial charge in [-0.25, -0.2) is 13.1 Å². The molecular formula is C16H22F3NO3S. The van der Waals surface area contributed by atoms with E-state index in [-0.39, 0.29) is 16.4 Å². The second-order valence-electron chi connectivity index (χ2n) is 7.00. The van der Waals surface area contributed by atoms with Crippen LogP contribution in [0.2, 0.25) is 0 Å². The summed E-state index contributed by atoms with van der Waals surface area (Å²) in [5.74, 6) is -0.0731. The third kappa shape index (κ3) is 4.86. The normalized spacial score (nSPS) is 24.6. The van der Waals surface area contributed by atoms with Crippen LogP contribution < -0.4 is 9.46 Å². The molecular weight excluding hydrogens is 343 g/mol. The first-order valence-corrected chi connectivity index (χ1v) is 9.25. The molecule has 0 unspecified atom stereocenters. The Morgan fingerprint density at radius 2 is 1.79 bits per heavy atom. The fourth-order valence-corrected chi connectivity index (χ4v) is 4.15. The molecule has 0 heterocycles. The Morgan fingerprint density at radius 1 is 1.21 bits per heavy atom. The van der Waals surface area contributed by atoms with Crippen molar-refractivity contribution in [3.05, 3.63) is 24.3 Å². The smallest absolute Gasteiger partial charge is 0.406 e. The predicted octanol–water partition coefficient (Wildman–Crippen LogP) is 4.08. The van der Waals surface area contributed by atoms with Crippen LogP contribution >= 0.6 is 0 Å². The fourth-order valence-electron chi connectivity index (χ4n) is 2.87. The predicted molar refractivity (Wildman–Crippen MR) is 84.0 cm³/mol. The zero-order valence-electron chi connectivity index (χ0n) is 13.9. The maximum atomic E-state index is 12.4. The van der Waals surface area contributed by atoms with Gasteiger partial charge in [-0.05, 0) is 54.9 Å². The molecule has 0 aromatic heterocycles. The van der Waals surface area contributed by atoms with Crippen LogP contribution in [-0.2, 0) is 10.0 Å². The summed E-state index contributed by atoms with van der Waals surface area (Å²) in [4.78, 5) is -0.0745. The van der Waals surface area contributed by atoms with E-state index < -0.39 is 22.1 Å². The molecule has 0 bridgehead atoms. The van der Waals surface area contributed by atoms with Crippen molar-refractivity contribution in [1.29, 1.82) is 0 Å². The molecule has 1 aliphatic rings. The van der Waals surface area contributed by atoms with Gasteiger partial charge in [-0.3, -0.25) is 0 Å². The van der Waals surface area contributed by atoms with Crippen LogP contribution in [0.25, 0.3) is 0 Å². The highest BCUT2D eigenvalue weighted by Gasteiger charge is 2.35. The summed E-state index contributed by atoms with van der Waals surface area (Å²) in [5, 5.41) is 0. The van der Waals surface area contributed by atoms with Gasteiger partial charge in [-0.1, -0.05) is 20.8 Å². The molecule has 1 N–H and O–H groups in total. The maximum Gasteiger partial charge on any atom is 0.573 e. The number of sulfonamides is 1. The molecule has 2 atom stereocenters. The molecule has 0 radical (unpaired) electrons. The summed E-state index contributed by atoms with van der Waals surface area (Å²) in [6.07, 6.45) is -2.41. The Labute approximate surface area is 140 Å². The zero-order chi connectivity index (χ0) is 18.2. The fraction of sp³-hybridized carbons (Fsp3) is 0.625. The molecule has 0 saturated heterocycles. The molecule has 4 nitrogen and oxygen atoms in total. The second kappa shape index (κ2) is 6.55. The van der Waals surface area contributed by atoms with Crippen LogP contribution in [-0.4, -0.2) is 20.8 Å². The molecule has 1 aliphatic carbocycles. The summed E-state index contributed by atoms with van der Waals surface area (Å²) in [5.41, 5.74) is 0.179. The van der Waals surface area contributed by atoms with Gasteiger partial charge in [0.15, 0.2) is 0 Å². The van der Waals surface area contributed by atoms with E-state index in [2.05, 4.69) is 30.2 Å². The number of hydrogen-bond donors (Lipinski definition) is 1. The summed E-state index contributed by atoms with van der Waals surface area (Å²) in [6.45, 7) is 6.44. The van der Waals surface area contributed by atoms with Gasteiger partial charge in [0, 0.05) is 6.04 Å². The Kier molecular flexibility index (Phi) is 5.20. The van der Waals surface area contributed by atoms with E-state index in [0.29, 0.717) is 5.92 Å².